The molecular weight excluding hydrogens is 609 g/mol. The summed E-state index contributed by atoms with van der Waals surface area (Å²) in [4.78, 5) is 13.8. The molecule has 2 atom stereocenters. The number of phenols is 1. The summed E-state index contributed by atoms with van der Waals surface area (Å²) in [6, 6.07) is 17.8. The van der Waals surface area contributed by atoms with E-state index < -0.39 is 35.2 Å². The molecule has 3 aromatic carbocycles. The van der Waals surface area contributed by atoms with Gasteiger partial charge in [-0.05, 0) is 73.9 Å². The van der Waals surface area contributed by atoms with E-state index in [-0.39, 0.29) is 37.4 Å². The van der Waals surface area contributed by atoms with Gasteiger partial charge in [-0.2, -0.15) is 0 Å². The Kier molecular flexibility index (Phi) is 12.0. The van der Waals surface area contributed by atoms with Crippen LogP contribution in [-0.2, 0) is 40.1 Å². The van der Waals surface area contributed by atoms with Crippen molar-refractivity contribution < 1.29 is 41.8 Å². The number of anilines is 2. The van der Waals surface area contributed by atoms with Crippen LogP contribution in [0.1, 0.15) is 43.6 Å². The summed E-state index contributed by atoms with van der Waals surface area (Å²) >= 11 is 0. The smallest absolute Gasteiger partial charge is 0.335 e. The summed E-state index contributed by atoms with van der Waals surface area (Å²) < 4.78 is 54.5. The van der Waals surface area contributed by atoms with Crippen LogP contribution >= 0.6 is 7.60 Å². The number of carbonyl (C=O) groups excluding carboxylic acids is 1. The van der Waals surface area contributed by atoms with Gasteiger partial charge < -0.3 is 29.3 Å². The molecule has 0 fully saturated rings. The third-order valence-corrected chi connectivity index (χ3v) is 9.36. The van der Waals surface area contributed by atoms with E-state index >= 15 is 0 Å². The van der Waals surface area contributed by atoms with Crippen LogP contribution in [0.4, 0.5) is 11.4 Å². The van der Waals surface area contributed by atoms with Crippen molar-refractivity contribution in [3.05, 3.63) is 83.4 Å². The number of methoxy groups -OCH3 is 1. The minimum atomic E-state index is -3.67. The summed E-state index contributed by atoms with van der Waals surface area (Å²) in [5, 5.41) is 27.1. The number of phenolic OH excluding ortho intramolecular Hbond substituents is 1. The van der Waals surface area contributed by atoms with Crippen LogP contribution in [0.15, 0.2) is 66.7 Å². The number of benzene rings is 3. The lowest BCUT2D eigenvalue weighted by Crippen LogP contribution is -2.50. The van der Waals surface area contributed by atoms with Crippen LogP contribution in [0, 0.1) is 0 Å². The van der Waals surface area contributed by atoms with E-state index in [1.807, 2.05) is 0 Å². The molecule has 12 nitrogen and oxygen atoms in total. The van der Waals surface area contributed by atoms with E-state index in [1.54, 1.807) is 69.3 Å². The van der Waals surface area contributed by atoms with E-state index in [9.17, 15) is 28.0 Å². The fourth-order valence-electron chi connectivity index (χ4n) is 4.39. The number of aromatic hydroxyl groups is 1. The molecule has 14 heteroatoms. The molecule has 0 aromatic heterocycles. The van der Waals surface area contributed by atoms with Gasteiger partial charge in [0.05, 0.1) is 44.5 Å². The molecule has 0 bridgehead atoms. The number of aliphatic hydroxyl groups is 1. The molecule has 0 saturated heterocycles. The van der Waals surface area contributed by atoms with Crippen molar-refractivity contribution in [2.45, 2.75) is 38.6 Å². The highest BCUT2D eigenvalue weighted by Crippen LogP contribution is 2.51. The lowest BCUT2D eigenvalue weighted by molar-refractivity contribution is -0.122. The van der Waals surface area contributed by atoms with Gasteiger partial charge >= 0.3 is 7.60 Å². The number of amides is 1. The Bertz CT molecular complexity index is 1560. The van der Waals surface area contributed by atoms with Crippen LogP contribution in [0.3, 0.4) is 0 Å². The lowest BCUT2D eigenvalue weighted by Gasteiger charge is -2.31. The molecule has 44 heavy (non-hydrogen) atoms. The fourth-order valence-corrected chi connectivity index (χ4v) is 6.66. The van der Waals surface area contributed by atoms with Crippen molar-refractivity contribution in [2.75, 3.05) is 43.2 Å². The number of ether oxygens (including phenoxy) is 1. The van der Waals surface area contributed by atoms with Crippen molar-refractivity contribution in [2.24, 2.45) is 0 Å². The molecule has 0 aliphatic rings. The van der Waals surface area contributed by atoms with E-state index in [1.165, 1.54) is 25.3 Å². The fraction of sp³-hybridized carbons (Fsp3) is 0.367. The van der Waals surface area contributed by atoms with Gasteiger partial charge in [-0.15, -0.1) is 0 Å². The zero-order valence-electron chi connectivity index (χ0n) is 25.4. The first-order valence-electron chi connectivity index (χ1n) is 13.9. The molecule has 3 rings (SSSR count). The van der Waals surface area contributed by atoms with Gasteiger partial charge in [0.1, 0.15) is 17.0 Å². The number of rotatable bonds is 16. The van der Waals surface area contributed by atoms with Crippen molar-refractivity contribution >= 4 is 34.9 Å². The van der Waals surface area contributed by atoms with Gasteiger partial charge in [0, 0.05) is 12.2 Å². The second-order valence-electron chi connectivity index (χ2n) is 10.2. The summed E-state index contributed by atoms with van der Waals surface area (Å²) in [6.45, 7) is 5.55. The number of hydrogen-bond donors (Lipinski definition) is 5. The molecule has 0 aliphatic heterocycles. The van der Waals surface area contributed by atoms with E-state index in [4.69, 9.17) is 13.8 Å². The predicted molar refractivity (Wildman–Crippen MR) is 170 cm³/mol. The Morgan fingerprint density at radius 3 is 2.16 bits per heavy atom. The minimum absolute atomic E-state index is 0.0815. The maximum atomic E-state index is 13.8. The topological polar surface area (TPSA) is 173 Å². The Morgan fingerprint density at radius 1 is 1.00 bits per heavy atom. The molecule has 240 valence electrons. The Morgan fingerprint density at radius 2 is 1.61 bits per heavy atom. The molecule has 0 radical (unpaired) electrons. The van der Waals surface area contributed by atoms with Crippen LogP contribution < -0.4 is 20.1 Å². The van der Waals surface area contributed by atoms with Gasteiger partial charge in [0.2, 0.25) is 15.9 Å². The van der Waals surface area contributed by atoms with Gasteiger partial charge in [-0.1, -0.05) is 30.3 Å². The second-order valence-corrected chi connectivity index (χ2v) is 14.0. The van der Waals surface area contributed by atoms with Crippen LogP contribution in [0.5, 0.6) is 11.5 Å². The first-order chi connectivity index (χ1) is 20.7. The molecule has 2 unspecified atom stereocenters. The zero-order valence-corrected chi connectivity index (χ0v) is 27.1. The molecule has 3 aromatic rings. The van der Waals surface area contributed by atoms with Crippen molar-refractivity contribution in [3.63, 3.8) is 0 Å². The van der Waals surface area contributed by atoms with Gasteiger partial charge in [0.15, 0.2) is 0 Å². The van der Waals surface area contributed by atoms with E-state index in [2.05, 4.69) is 15.4 Å². The normalized spacial score (nSPS) is 14.0. The number of hydrogen-bond acceptors (Lipinski definition) is 10. The average Bonchev–Trinajstić information content (AvgIpc) is 2.97. The first kappa shape index (κ1) is 35.0. The highest BCUT2D eigenvalue weighted by atomic mass is 32.2. The van der Waals surface area contributed by atoms with Crippen molar-refractivity contribution in [3.8, 4) is 11.5 Å². The molecule has 5 N–H and O–H groups in total. The highest BCUT2D eigenvalue weighted by Gasteiger charge is 2.36. The number of sulfonamides is 1. The number of carbonyl (C=O) groups is 1. The van der Waals surface area contributed by atoms with Gasteiger partial charge in [-0.3, -0.25) is 19.4 Å². The summed E-state index contributed by atoms with van der Waals surface area (Å²) in [5.74, 6) is -0.132. The highest BCUT2D eigenvalue weighted by molar-refractivity contribution is 7.92. The molecule has 0 aliphatic carbocycles. The maximum Gasteiger partial charge on any atom is 0.335 e. The molecule has 1 amide bonds. The average molecular weight is 650 g/mol. The van der Waals surface area contributed by atoms with E-state index in [0.717, 1.165) is 6.26 Å². The van der Waals surface area contributed by atoms with Crippen molar-refractivity contribution in [1.82, 2.24) is 5.32 Å². The number of aliphatic hydroxyl groups excluding tert-OH is 1. The third kappa shape index (κ3) is 9.52. The summed E-state index contributed by atoms with van der Waals surface area (Å²) in [6.07, 6.45) is -0.138. The largest absolute Gasteiger partial charge is 0.506 e. The predicted octanol–water partition coefficient (Wildman–Crippen LogP) is 4.72. The van der Waals surface area contributed by atoms with Crippen molar-refractivity contribution in [1.29, 1.82) is 0 Å². The first-order valence-corrected chi connectivity index (χ1v) is 17.5. The molecule has 0 heterocycles. The minimum Gasteiger partial charge on any atom is -0.506 e. The Hall–Kier alpha value is -3.45. The zero-order chi connectivity index (χ0) is 32.5. The van der Waals surface area contributed by atoms with Crippen LogP contribution in [-0.4, -0.2) is 57.7 Å². The van der Waals surface area contributed by atoms with Crippen LogP contribution in [0.2, 0.25) is 0 Å². The van der Waals surface area contributed by atoms with Gasteiger partial charge in [-0.25, -0.2) is 8.42 Å². The Labute approximate surface area is 258 Å². The maximum absolute atomic E-state index is 13.8. The molecular formula is C30H40N3O9PS. The monoisotopic (exact) mass is 649 g/mol. The van der Waals surface area contributed by atoms with E-state index in [0.29, 0.717) is 28.1 Å². The summed E-state index contributed by atoms with van der Waals surface area (Å²) in [5.41, 5.74) is 0.660. The second kappa shape index (κ2) is 15.0. The molecule has 0 saturated carbocycles. The SMILES string of the molecule is CCOP(=O)(Cc1ccc(NC(=O)C(C)(NCC(O)c2ccc(O)c(NS(C)(=O)=O)c2)c2ccc(OC)cc2)cc1)OCC. The number of nitrogens with one attached hydrogen (secondary N) is 3. The third-order valence-electron chi connectivity index (χ3n) is 6.71. The van der Waals surface area contributed by atoms with Gasteiger partial charge in [0.25, 0.3) is 0 Å². The standard InChI is InChI=1S/C30H40N3O9PS/c1-6-41-43(37,42-7-2)20-21-8-13-24(14-9-21)32-29(36)30(3,23-11-15-25(40-4)16-12-23)31-19-28(35)22-10-17-27(34)26(18-22)33-44(5,38)39/h8-18,28,31,33-35H,6-7,19-20H2,1-5H3,(H,32,36). The summed E-state index contributed by atoms with van der Waals surface area (Å²) in [7, 11) is -5.44. The lowest BCUT2D eigenvalue weighted by atomic mass is 9.90. The molecule has 0 spiro atoms. The quantitative estimate of drug-likeness (QED) is 0.108. The Balaban J connectivity index is 1.83. The van der Waals surface area contributed by atoms with Crippen LogP contribution in [0.25, 0.3) is 0 Å².